The molecule has 2 aromatic heterocycles. The van der Waals surface area contributed by atoms with Crippen molar-refractivity contribution in [1.29, 1.82) is 0 Å². The van der Waals surface area contributed by atoms with E-state index < -0.39 is 0 Å². The summed E-state index contributed by atoms with van der Waals surface area (Å²) in [5.41, 5.74) is 6.85. The minimum atomic E-state index is 0.911. The van der Waals surface area contributed by atoms with Gasteiger partial charge in [-0.25, -0.2) is 0 Å². The molecule has 0 aliphatic rings. The first kappa shape index (κ1) is 18.2. The number of nitrogens with one attached hydrogen (secondary N) is 2. The molecule has 4 heteroatoms. The van der Waals surface area contributed by atoms with Gasteiger partial charge in [-0.1, -0.05) is 12.8 Å². The lowest BCUT2D eigenvalue weighted by molar-refractivity contribution is 0.654. The lowest BCUT2D eigenvalue weighted by Crippen LogP contribution is -1.98. The summed E-state index contributed by atoms with van der Waals surface area (Å²) in [6, 6.07) is 8.37. The second-order valence-corrected chi connectivity index (χ2v) is 6.46. The van der Waals surface area contributed by atoms with Gasteiger partial charge >= 0.3 is 0 Å². The fraction of sp³-hybridized carbons (Fsp3) is 0.500. The minimum absolute atomic E-state index is 0.911. The Hall–Kier alpha value is -2.10. The summed E-state index contributed by atoms with van der Waals surface area (Å²) < 4.78 is 0. The zero-order valence-corrected chi connectivity index (χ0v) is 15.4. The van der Waals surface area contributed by atoms with Gasteiger partial charge in [-0.05, 0) is 64.8 Å². The molecule has 0 saturated carbocycles. The predicted octanol–water partition coefficient (Wildman–Crippen LogP) is 4.84. The summed E-state index contributed by atoms with van der Waals surface area (Å²) in [6.45, 7) is 10.1. The Morgan fingerprint density at radius 1 is 0.708 bits per heavy atom. The molecule has 0 aliphatic carbocycles. The minimum Gasteiger partial charge on any atom is -0.358 e. The first-order valence-corrected chi connectivity index (χ1v) is 8.90. The van der Waals surface area contributed by atoms with Crippen molar-refractivity contribution in [1.82, 2.24) is 9.97 Å². The van der Waals surface area contributed by atoms with E-state index in [0.29, 0.717) is 0 Å². The van der Waals surface area contributed by atoms with E-state index in [2.05, 4.69) is 71.9 Å². The molecule has 0 amide bonds. The van der Waals surface area contributed by atoms with Gasteiger partial charge in [-0.2, -0.15) is 0 Å². The van der Waals surface area contributed by atoms with Crippen LogP contribution in [0.5, 0.6) is 0 Å². The Morgan fingerprint density at radius 3 is 1.46 bits per heavy atom. The Labute approximate surface area is 145 Å². The lowest BCUT2D eigenvalue weighted by Gasteiger charge is -2.01. The van der Waals surface area contributed by atoms with Crippen LogP contribution in [0.25, 0.3) is 0 Å². The molecular weight excluding hydrogens is 296 g/mol. The van der Waals surface area contributed by atoms with Gasteiger partial charge in [0.05, 0.1) is 22.8 Å². The van der Waals surface area contributed by atoms with Crippen LogP contribution in [0, 0.1) is 13.8 Å². The molecule has 24 heavy (non-hydrogen) atoms. The van der Waals surface area contributed by atoms with Gasteiger partial charge in [0.1, 0.15) is 0 Å². The number of hydrogen-bond donors (Lipinski definition) is 2. The molecule has 0 bridgehead atoms. The van der Waals surface area contributed by atoms with Crippen molar-refractivity contribution in [3.63, 3.8) is 0 Å². The predicted molar refractivity (Wildman–Crippen MR) is 104 cm³/mol. The van der Waals surface area contributed by atoms with Crippen molar-refractivity contribution < 1.29 is 0 Å². The van der Waals surface area contributed by atoms with Crippen molar-refractivity contribution >= 4 is 11.4 Å². The number of nitrogens with zero attached hydrogens (tertiary/aromatic N) is 2. The average molecular weight is 326 g/mol. The number of aliphatic imine (C=N–C) groups is 2. The molecule has 2 aromatic rings. The van der Waals surface area contributed by atoms with E-state index in [1.54, 1.807) is 0 Å². The molecule has 0 atom stereocenters. The number of hydrogen-bond acceptors (Lipinski definition) is 2. The van der Waals surface area contributed by atoms with E-state index in [1.165, 1.54) is 24.2 Å². The number of aromatic nitrogens is 2. The van der Waals surface area contributed by atoms with Crippen LogP contribution < -0.4 is 0 Å². The summed E-state index contributed by atoms with van der Waals surface area (Å²) in [4.78, 5) is 15.9. The SMILES string of the molecule is CC(=NCCCCCCN=C(C)c1ccc(C)[nH]1)c1ccc(C)[nH]1. The third-order valence-corrected chi connectivity index (χ3v) is 4.21. The van der Waals surface area contributed by atoms with Crippen LogP contribution in [0.15, 0.2) is 34.3 Å². The standard InChI is InChI=1S/C20H30N4/c1-15-9-11-19(23-15)17(3)21-13-7-5-6-8-14-22-18(4)20-12-10-16(2)24-20/h9-12,23-24H,5-8,13-14H2,1-4H3. The van der Waals surface area contributed by atoms with Gasteiger partial charge in [0, 0.05) is 24.5 Å². The molecule has 2 N–H and O–H groups in total. The van der Waals surface area contributed by atoms with E-state index in [-0.39, 0.29) is 0 Å². The van der Waals surface area contributed by atoms with Crippen LogP contribution in [0.4, 0.5) is 0 Å². The highest BCUT2D eigenvalue weighted by molar-refractivity contribution is 5.97. The summed E-state index contributed by atoms with van der Waals surface area (Å²) in [6.07, 6.45) is 4.73. The van der Waals surface area contributed by atoms with Crippen molar-refractivity contribution in [3.05, 3.63) is 47.0 Å². The van der Waals surface area contributed by atoms with Gasteiger partial charge in [0.2, 0.25) is 0 Å². The summed E-state index contributed by atoms with van der Waals surface area (Å²) in [5, 5.41) is 0. The van der Waals surface area contributed by atoms with Crippen LogP contribution in [-0.2, 0) is 0 Å². The maximum absolute atomic E-state index is 4.65. The molecule has 2 heterocycles. The van der Waals surface area contributed by atoms with Crippen LogP contribution in [0.2, 0.25) is 0 Å². The van der Waals surface area contributed by atoms with Crippen molar-refractivity contribution in [2.24, 2.45) is 9.98 Å². The number of aromatic amines is 2. The Morgan fingerprint density at radius 2 is 1.12 bits per heavy atom. The third-order valence-electron chi connectivity index (χ3n) is 4.21. The largest absolute Gasteiger partial charge is 0.358 e. The molecule has 0 saturated heterocycles. The van der Waals surface area contributed by atoms with Crippen molar-refractivity contribution in [2.75, 3.05) is 13.1 Å². The van der Waals surface area contributed by atoms with E-state index in [1.807, 2.05) is 0 Å². The lowest BCUT2D eigenvalue weighted by atomic mass is 10.2. The highest BCUT2D eigenvalue weighted by Gasteiger charge is 2.00. The van der Waals surface area contributed by atoms with Crippen LogP contribution in [0.3, 0.4) is 0 Å². The summed E-state index contributed by atoms with van der Waals surface area (Å²) in [5.74, 6) is 0. The quantitative estimate of drug-likeness (QED) is 0.489. The van der Waals surface area contributed by atoms with Crippen LogP contribution in [0.1, 0.15) is 62.3 Å². The first-order chi connectivity index (χ1) is 11.6. The van der Waals surface area contributed by atoms with Crippen LogP contribution in [-0.4, -0.2) is 34.5 Å². The van der Waals surface area contributed by atoms with Crippen molar-refractivity contribution in [3.8, 4) is 0 Å². The molecule has 0 aliphatic heterocycles. The molecule has 130 valence electrons. The zero-order valence-electron chi connectivity index (χ0n) is 15.4. The number of unbranched alkanes of at least 4 members (excludes halogenated alkanes) is 3. The van der Waals surface area contributed by atoms with Gasteiger partial charge in [0.25, 0.3) is 0 Å². The average Bonchev–Trinajstić information content (AvgIpc) is 3.18. The fourth-order valence-electron chi connectivity index (χ4n) is 2.67. The Balaban J connectivity index is 1.58. The molecule has 4 nitrogen and oxygen atoms in total. The first-order valence-electron chi connectivity index (χ1n) is 8.90. The van der Waals surface area contributed by atoms with E-state index in [0.717, 1.165) is 48.7 Å². The van der Waals surface area contributed by atoms with E-state index in [9.17, 15) is 0 Å². The molecular formula is C20H30N4. The third kappa shape index (κ3) is 5.84. The van der Waals surface area contributed by atoms with E-state index in [4.69, 9.17) is 0 Å². The van der Waals surface area contributed by atoms with Crippen molar-refractivity contribution in [2.45, 2.75) is 53.4 Å². The molecule has 2 rings (SSSR count). The number of H-pyrrole nitrogens is 2. The Bertz CT molecular complexity index is 628. The molecule has 0 aromatic carbocycles. The van der Waals surface area contributed by atoms with E-state index >= 15 is 0 Å². The maximum atomic E-state index is 4.65. The maximum Gasteiger partial charge on any atom is 0.0593 e. The number of rotatable bonds is 9. The summed E-state index contributed by atoms with van der Waals surface area (Å²) in [7, 11) is 0. The highest BCUT2D eigenvalue weighted by atomic mass is 14.8. The second kappa shape index (κ2) is 9.26. The highest BCUT2D eigenvalue weighted by Crippen LogP contribution is 2.06. The Kier molecular flexibility index (Phi) is 7.04. The zero-order chi connectivity index (χ0) is 17.4. The van der Waals surface area contributed by atoms with Gasteiger partial charge in [0.15, 0.2) is 0 Å². The second-order valence-electron chi connectivity index (χ2n) is 6.46. The normalized spacial score (nSPS) is 12.8. The van der Waals surface area contributed by atoms with Gasteiger partial charge < -0.3 is 9.97 Å². The topological polar surface area (TPSA) is 56.3 Å². The monoisotopic (exact) mass is 326 g/mol. The van der Waals surface area contributed by atoms with Gasteiger partial charge in [-0.15, -0.1) is 0 Å². The van der Waals surface area contributed by atoms with Crippen LogP contribution >= 0.6 is 0 Å². The molecule has 0 fully saturated rings. The molecule has 0 radical (unpaired) electrons. The fourth-order valence-corrected chi connectivity index (χ4v) is 2.67. The summed E-state index contributed by atoms with van der Waals surface area (Å²) >= 11 is 0. The smallest absolute Gasteiger partial charge is 0.0593 e. The van der Waals surface area contributed by atoms with Gasteiger partial charge in [-0.3, -0.25) is 9.98 Å². The molecule has 0 spiro atoms. The molecule has 0 unspecified atom stereocenters. The number of aryl methyl sites for hydroxylation is 2.